The fourth-order valence-corrected chi connectivity index (χ4v) is 3.49. The lowest BCUT2D eigenvalue weighted by Gasteiger charge is -2.22. The van der Waals surface area contributed by atoms with Gasteiger partial charge in [0.05, 0.1) is 20.1 Å². The number of halogens is 1. The molecule has 0 aliphatic carbocycles. The van der Waals surface area contributed by atoms with Crippen LogP contribution in [0.1, 0.15) is 38.7 Å². The highest BCUT2D eigenvalue weighted by molar-refractivity contribution is 14.0. The van der Waals surface area contributed by atoms with Crippen molar-refractivity contribution in [2.45, 2.75) is 33.1 Å². The smallest absolute Gasteiger partial charge is 0.310 e. The highest BCUT2D eigenvalue weighted by Gasteiger charge is 2.36. The van der Waals surface area contributed by atoms with Gasteiger partial charge in [-0.3, -0.25) is 9.79 Å². The van der Waals surface area contributed by atoms with Gasteiger partial charge in [-0.15, -0.1) is 24.0 Å². The summed E-state index contributed by atoms with van der Waals surface area (Å²) in [7, 11) is 3.14. The van der Waals surface area contributed by atoms with Crippen molar-refractivity contribution in [2.75, 3.05) is 40.4 Å². The molecular formula is C21H34IN3O3. The molecule has 1 N–H and O–H groups in total. The summed E-state index contributed by atoms with van der Waals surface area (Å²) in [6, 6.07) is 8.22. The van der Waals surface area contributed by atoms with Crippen LogP contribution in [0, 0.1) is 11.8 Å². The Balaban J connectivity index is 0.00000392. The topological polar surface area (TPSA) is 63.2 Å². The Labute approximate surface area is 186 Å². The van der Waals surface area contributed by atoms with Crippen molar-refractivity contribution < 1.29 is 14.3 Å². The molecule has 0 radical (unpaired) electrons. The molecule has 28 heavy (non-hydrogen) atoms. The molecular weight excluding hydrogens is 469 g/mol. The molecule has 1 aliphatic heterocycles. The molecule has 0 amide bonds. The maximum Gasteiger partial charge on any atom is 0.310 e. The number of hydrogen-bond acceptors (Lipinski definition) is 4. The van der Waals surface area contributed by atoms with Crippen LogP contribution in [0.2, 0.25) is 0 Å². The molecule has 1 saturated heterocycles. The number of nitrogens with one attached hydrogen (secondary N) is 1. The average Bonchev–Trinajstić information content (AvgIpc) is 3.08. The van der Waals surface area contributed by atoms with Crippen molar-refractivity contribution in [1.82, 2.24) is 10.2 Å². The fourth-order valence-electron chi connectivity index (χ4n) is 3.49. The molecule has 0 aromatic heterocycles. The Morgan fingerprint density at radius 3 is 2.54 bits per heavy atom. The van der Waals surface area contributed by atoms with Gasteiger partial charge in [0.2, 0.25) is 0 Å². The zero-order chi connectivity index (χ0) is 19.8. The van der Waals surface area contributed by atoms with Crippen molar-refractivity contribution in [2.24, 2.45) is 16.8 Å². The van der Waals surface area contributed by atoms with E-state index in [9.17, 15) is 4.79 Å². The van der Waals surface area contributed by atoms with E-state index < -0.39 is 0 Å². The Bertz CT molecular complexity index is 636. The lowest BCUT2D eigenvalue weighted by molar-refractivity contribution is -0.145. The minimum Gasteiger partial charge on any atom is -0.497 e. The highest BCUT2D eigenvalue weighted by Crippen LogP contribution is 2.25. The molecule has 6 nitrogen and oxygen atoms in total. The second kappa shape index (κ2) is 12.1. The first-order chi connectivity index (χ1) is 13.0. The number of rotatable bonds is 7. The number of nitrogens with zero attached hydrogens (tertiary/aromatic N) is 2. The molecule has 3 unspecified atom stereocenters. The monoisotopic (exact) mass is 503 g/mol. The van der Waals surface area contributed by atoms with Gasteiger partial charge in [0.1, 0.15) is 5.75 Å². The van der Waals surface area contributed by atoms with Gasteiger partial charge in [-0.1, -0.05) is 26.0 Å². The van der Waals surface area contributed by atoms with Gasteiger partial charge in [0, 0.05) is 26.2 Å². The predicted octanol–water partition coefficient (Wildman–Crippen LogP) is 3.51. The first-order valence-corrected chi connectivity index (χ1v) is 9.75. The van der Waals surface area contributed by atoms with E-state index >= 15 is 0 Å². The highest BCUT2D eigenvalue weighted by atomic mass is 127. The Morgan fingerprint density at radius 2 is 1.96 bits per heavy atom. The van der Waals surface area contributed by atoms with Gasteiger partial charge in [0.15, 0.2) is 5.96 Å². The fraction of sp³-hybridized carbons (Fsp3) is 0.619. The van der Waals surface area contributed by atoms with E-state index in [4.69, 9.17) is 14.5 Å². The van der Waals surface area contributed by atoms with Crippen LogP contribution in [0.3, 0.4) is 0 Å². The Kier molecular flexibility index (Phi) is 10.6. The molecule has 3 atom stereocenters. The summed E-state index contributed by atoms with van der Waals surface area (Å²) in [5.41, 5.74) is 1.29. The van der Waals surface area contributed by atoms with Crippen LogP contribution >= 0.6 is 24.0 Å². The van der Waals surface area contributed by atoms with E-state index in [0.29, 0.717) is 12.5 Å². The third kappa shape index (κ3) is 6.53. The van der Waals surface area contributed by atoms with E-state index in [0.717, 1.165) is 37.8 Å². The van der Waals surface area contributed by atoms with Crippen molar-refractivity contribution in [3.05, 3.63) is 29.8 Å². The van der Waals surface area contributed by atoms with E-state index in [-0.39, 0.29) is 41.8 Å². The molecule has 1 heterocycles. The maximum absolute atomic E-state index is 11.9. The minimum atomic E-state index is -0.131. The quantitative estimate of drug-likeness (QED) is 0.267. The second-order valence-corrected chi connectivity index (χ2v) is 7.21. The number of aliphatic imine (C=N–C) groups is 1. The lowest BCUT2D eigenvalue weighted by Crippen LogP contribution is -2.40. The zero-order valence-corrected chi connectivity index (χ0v) is 19.9. The summed E-state index contributed by atoms with van der Waals surface area (Å²) in [6.07, 6.45) is 0.963. The Morgan fingerprint density at radius 1 is 1.29 bits per heavy atom. The lowest BCUT2D eigenvalue weighted by atomic mass is 9.98. The number of benzene rings is 1. The van der Waals surface area contributed by atoms with Gasteiger partial charge in [-0.2, -0.15) is 0 Å². The van der Waals surface area contributed by atoms with Gasteiger partial charge in [-0.05, 0) is 42.9 Å². The molecule has 2 rings (SSSR count). The van der Waals surface area contributed by atoms with Crippen LogP contribution in [0.5, 0.6) is 5.75 Å². The van der Waals surface area contributed by atoms with Crippen LogP contribution in [-0.4, -0.2) is 57.2 Å². The van der Waals surface area contributed by atoms with Crippen LogP contribution < -0.4 is 10.1 Å². The number of likely N-dealkylation sites (tertiary alicyclic amines) is 1. The van der Waals surface area contributed by atoms with E-state index in [1.807, 2.05) is 12.1 Å². The van der Waals surface area contributed by atoms with E-state index in [2.05, 4.69) is 43.1 Å². The SMILES string of the molecule is CCNC(=NCCC(C)c1ccc(OC)cc1)N1CC(C)C(C(=O)OC)C1.I. The molecule has 0 saturated carbocycles. The third-order valence-electron chi connectivity index (χ3n) is 5.26. The minimum absolute atomic E-state index is 0. The molecule has 0 spiro atoms. The number of esters is 1. The molecule has 158 valence electrons. The molecule has 7 heteroatoms. The Hall–Kier alpha value is -1.51. The summed E-state index contributed by atoms with van der Waals surface area (Å²) in [5, 5.41) is 3.36. The van der Waals surface area contributed by atoms with Gasteiger partial charge in [0.25, 0.3) is 0 Å². The number of ether oxygens (including phenoxy) is 2. The van der Waals surface area contributed by atoms with Crippen molar-refractivity contribution >= 4 is 35.9 Å². The second-order valence-electron chi connectivity index (χ2n) is 7.21. The number of carbonyl (C=O) groups is 1. The predicted molar refractivity (Wildman–Crippen MR) is 124 cm³/mol. The van der Waals surface area contributed by atoms with Crippen LogP contribution in [-0.2, 0) is 9.53 Å². The first kappa shape index (κ1) is 24.5. The van der Waals surface area contributed by atoms with E-state index in [1.54, 1.807) is 7.11 Å². The van der Waals surface area contributed by atoms with Gasteiger partial charge < -0.3 is 19.7 Å². The third-order valence-corrected chi connectivity index (χ3v) is 5.26. The molecule has 0 bridgehead atoms. The van der Waals surface area contributed by atoms with Crippen LogP contribution in [0.15, 0.2) is 29.3 Å². The van der Waals surface area contributed by atoms with Gasteiger partial charge >= 0.3 is 5.97 Å². The molecule has 1 aromatic carbocycles. The van der Waals surface area contributed by atoms with Crippen molar-refractivity contribution in [1.29, 1.82) is 0 Å². The molecule has 1 aliphatic rings. The summed E-state index contributed by atoms with van der Waals surface area (Å²) in [6.45, 7) is 9.40. The number of carbonyl (C=O) groups excluding carboxylic acids is 1. The maximum atomic E-state index is 11.9. The zero-order valence-electron chi connectivity index (χ0n) is 17.6. The van der Waals surface area contributed by atoms with Crippen LogP contribution in [0.25, 0.3) is 0 Å². The normalized spacial score (nSPS) is 20.3. The number of hydrogen-bond donors (Lipinski definition) is 1. The van der Waals surface area contributed by atoms with Crippen molar-refractivity contribution in [3.8, 4) is 5.75 Å². The summed E-state index contributed by atoms with van der Waals surface area (Å²) >= 11 is 0. The summed E-state index contributed by atoms with van der Waals surface area (Å²) in [4.78, 5) is 18.9. The number of methoxy groups -OCH3 is 2. The largest absolute Gasteiger partial charge is 0.497 e. The van der Waals surface area contributed by atoms with Crippen LogP contribution in [0.4, 0.5) is 0 Å². The standard InChI is InChI=1S/C21H33N3O3.HI/c1-6-22-21(24-13-16(3)19(14-24)20(25)27-5)23-12-11-15(2)17-7-9-18(26-4)10-8-17;/h7-10,15-16,19H,6,11-14H2,1-5H3,(H,22,23);1H. The average molecular weight is 503 g/mol. The first-order valence-electron chi connectivity index (χ1n) is 9.75. The molecule has 1 fully saturated rings. The summed E-state index contributed by atoms with van der Waals surface area (Å²) in [5.74, 6) is 2.23. The van der Waals surface area contributed by atoms with Crippen molar-refractivity contribution in [3.63, 3.8) is 0 Å². The number of guanidine groups is 1. The van der Waals surface area contributed by atoms with Gasteiger partial charge in [-0.25, -0.2) is 0 Å². The molecule has 1 aromatic rings. The summed E-state index contributed by atoms with van der Waals surface area (Å²) < 4.78 is 10.2. The van der Waals surface area contributed by atoms with E-state index in [1.165, 1.54) is 12.7 Å².